The summed E-state index contributed by atoms with van der Waals surface area (Å²) in [5.74, 6) is -0.138. The molecule has 0 saturated heterocycles. The van der Waals surface area contributed by atoms with Gasteiger partial charge in [-0.3, -0.25) is 4.79 Å². The van der Waals surface area contributed by atoms with E-state index < -0.39 is 11.2 Å². The van der Waals surface area contributed by atoms with Crippen molar-refractivity contribution in [2.75, 3.05) is 14.2 Å². The molecule has 0 saturated carbocycles. The Bertz CT molecular complexity index is 1100. The highest BCUT2D eigenvalue weighted by Crippen LogP contribution is 2.40. The number of carboxylic acids is 1. The van der Waals surface area contributed by atoms with E-state index in [0.29, 0.717) is 34.0 Å². The van der Waals surface area contributed by atoms with Crippen LogP contribution in [0.2, 0.25) is 0 Å². The first-order valence-electron chi connectivity index (χ1n) is 9.17. The number of benzene rings is 2. The number of carboxylic acid groups (broad SMARTS) is 1. The first-order chi connectivity index (χ1) is 14.3. The van der Waals surface area contributed by atoms with Crippen LogP contribution in [-0.4, -0.2) is 40.3 Å². The van der Waals surface area contributed by atoms with Crippen LogP contribution in [0.1, 0.15) is 46.2 Å². The summed E-state index contributed by atoms with van der Waals surface area (Å²) < 4.78 is 12.5. The van der Waals surface area contributed by atoms with Crippen LogP contribution in [0.5, 0.6) is 11.5 Å². The largest absolute Gasteiger partial charge is 0.496 e. The first-order valence-corrected chi connectivity index (χ1v) is 9.55. The van der Waals surface area contributed by atoms with E-state index in [2.05, 4.69) is 5.10 Å². The number of rotatable bonds is 7. The van der Waals surface area contributed by atoms with E-state index in [0.717, 1.165) is 5.56 Å². The smallest absolute Gasteiger partial charge is 0.356 e. The SMILES string of the molecule is COc1cccc(OC)c1-c1cc(C(=O)O)nn1-c1ccc(C(=O)Cl)cc1C(C)C. The molecule has 0 amide bonds. The van der Waals surface area contributed by atoms with E-state index in [1.54, 1.807) is 36.4 Å². The van der Waals surface area contributed by atoms with Crippen molar-refractivity contribution in [3.63, 3.8) is 0 Å². The maximum absolute atomic E-state index is 11.7. The Morgan fingerprint density at radius 3 is 2.20 bits per heavy atom. The fourth-order valence-corrected chi connectivity index (χ4v) is 3.40. The molecule has 2 aromatic carbocycles. The fraction of sp³-hybridized carbons (Fsp3) is 0.227. The number of aromatic nitrogens is 2. The first kappa shape index (κ1) is 21.4. The molecule has 8 heteroatoms. The normalized spacial score (nSPS) is 10.9. The van der Waals surface area contributed by atoms with Gasteiger partial charge in [0.05, 0.1) is 31.2 Å². The Morgan fingerprint density at radius 2 is 1.70 bits per heavy atom. The average molecular weight is 429 g/mol. The minimum absolute atomic E-state index is 0.0147. The van der Waals surface area contributed by atoms with Gasteiger partial charge < -0.3 is 14.6 Å². The minimum Gasteiger partial charge on any atom is -0.496 e. The Kier molecular flexibility index (Phi) is 6.12. The third-order valence-electron chi connectivity index (χ3n) is 4.72. The maximum Gasteiger partial charge on any atom is 0.356 e. The van der Waals surface area contributed by atoms with Gasteiger partial charge >= 0.3 is 5.97 Å². The predicted octanol–water partition coefficient (Wildman–Crippen LogP) is 4.76. The number of methoxy groups -OCH3 is 2. The summed E-state index contributed by atoms with van der Waals surface area (Å²) >= 11 is 5.66. The molecule has 0 aliphatic carbocycles. The Morgan fingerprint density at radius 1 is 1.07 bits per heavy atom. The van der Waals surface area contributed by atoms with Crippen molar-refractivity contribution >= 4 is 22.8 Å². The molecule has 0 aliphatic heterocycles. The van der Waals surface area contributed by atoms with Crippen molar-refractivity contribution in [2.45, 2.75) is 19.8 Å². The van der Waals surface area contributed by atoms with Crippen LogP contribution in [0.25, 0.3) is 16.9 Å². The van der Waals surface area contributed by atoms with Gasteiger partial charge in [-0.25, -0.2) is 9.48 Å². The number of ether oxygens (including phenoxy) is 2. The molecule has 0 unspecified atom stereocenters. The van der Waals surface area contributed by atoms with Gasteiger partial charge in [0.1, 0.15) is 11.5 Å². The number of nitrogens with zero attached hydrogens (tertiary/aromatic N) is 2. The maximum atomic E-state index is 11.7. The van der Waals surface area contributed by atoms with Gasteiger partial charge in [0, 0.05) is 5.56 Å². The summed E-state index contributed by atoms with van der Waals surface area (Å²) in [4.78, 5) is 23.3. The van der Waals surface area contributed by atoms with Gasteiger partial charge in [-0.05, 0) is 59.5 Å². The lowest BCUT2D eigenvalue weighted by molar-refractivity contribution is 0.0689. The van der Waals surface area contributed by atoms with Crippen LogP contribution in [0.3, 0.4) is 0 Å². The molecule has 0 aliphatic rings. The second-order valence-electron chi connectivity index (χ2n) is 6.87. The highest BCUT2D eigenvalue weighted by atomic mass is 35.5. The van der Waals surface area contributed by atoms with Gasteiger partial charge in [-0.15, -0.1) is 0 Å². The quantitative estimate of drug-likeness (QED) is 0.546. The third-order valence-corrected chi connectivity index (χ3v) is 4.94. The molecule has 1 N–H and O–H groups in total. The number of halogens is 1. The molecule has 1 aromatic heterocycles. The van der Waals surface area contributed by atoms with Gasteiger partial charge in [0.25, 0.3) is 5.24 Å². The number of carbonyl (C=O) groups is 2. The second kappa shape index (κ2) is 8.59. The third kappa shape index (κ3) is 3.89. The Balaban J connectivity index is 2.37. The van der Waals surface area contributed by atoms with Crippen molar-refractivity contribution in [2.24, 2.45) is 0 Å². The Labute approximate surface area is 178 Å². The zero-order valence-electron chi connectivity index (χ0n) is 17.0. The van der Waals surface area contributed by atoms with Crippen molar-refractivity contribution in [3.8, 4) is 28.4 Å². The lowest BCUT2D eigenvalue weighted by Gasteiger charge is -2.18. The molecular formula is C22H21ClN2O5. The lowest BCUT2D eigenvalue weighted by Crippen LogP contribution is -2.08. The van der Waals surface area contributed by atoms with Crippen LogP contribution in [0.15, 0.2) is 42.5 Å². The van der Waals surface area contributed by atoms with Crippen LogP contribution in [0.4, 0.5) is 0 Å². The van der Waals surface area contributed by atoms with Gasteiger partial charge in [-0.2, -0.15) is 5.10 Å². The average Bonchev–Trinajstić information content (AvgIpc) is 3.17. The summed E-state index contributed by atoms with van der Waals surface area (Å²) in [5.41, 5.74) is 2.68. The standard InChI is InChI=1S/C22H21ClN2O5/c1-12(2)14-10-13(21(23)26)8-9-16(14)25-17(11-15(24-25)22(27)28)20-18(29-3)6-5-7-19(20)30-4/h5-12H,1-4H3,(H,27,28). The van der Waals surface area contributed by atoms with Gasteiger partial charge in [0.2, 0.25) is 0 Å². The number of aromatic carboxylic acids is 1. The van der Waals surface area contributed by atoms with E-state index in [-0.39, 0.29) is 11.6 Å². The summed E-state index contributed by atoms with van der Waals surface area (Å²) in [6, 6.07) is 11.7. The molecule has 3 rings (SSSR count). The number of hydrogen-bond donors (Lipinski definition) is 1. The summed E-state index contributed by atoms with van der Waals surface area (Å²) in [6.45, 7) is 3.93. The van der Waals surface area contributed by atoms with Crippen LogP contribution in [-0.2, 0) is 0 Å². The number of carbonyl (C=O) groups excluding carboxylic acids is 1. The van der Waals surface area contributed by atoms with E-state index in [4.69, 9.17) is 21.1 Å². The van der Waals surface area contributed by atoms with Crippen molar-refractivity contribution < 1.29 is 24.2 Å². The molecule has 1 heterocycles. The molecule has 0 spiro atoms. The summed E-state index contributed by atoms with van der Waals surface area (Å²) in [6.07, 6.45) is 0. The van der Waals surface area contributed by atoms with Crippen molar-refractivity contribution in [1.29, 1.82) is 0 Å². The van der Waals surface area contributed by atoms with Crippen molar-refractivity contribution in [3.05, 3.63) is 59.3 Å². The molecule has 7 nitrogen and oxygen atoms in total. The zero-order valence-corrected chi connectivity index (χ0v) is 17.7. The lowest BCUT2D eigenvalue weighted by atomic mass is 9.98. The minimum atomic E-state index is -1.16. The monoisotopic (exact) mass is 428 g/mol. The molecule has 156 valence electrons. The van der Waals surface area contributed by atoms with Crippen LogP contribution >= 0.6 is 11.6 Å². The molecule has 0 radical (unpaired) electrons. The molecule has 0 atom stereocenters. The van der Waals surface area contributed by atoms with E-state index >= 15 is 0 Å². The van der Waals surface area contributed by atoms with Crippen molar-refractivity contribution in [1.82, 2.24) is 9.78 Å². The highest BCUT2D eigenvalue weighted by molar-refractivity contribution is 6.67. The van der Waals surface area contributed by atoms with E-state index in [1.807, 2.05) is 13.8 Å². The van der Waals surface area contributed by atoms with E-state index in [9.17, 15) is 14.7 Å². The topological polar surface area (TPSA) is 90.7 Å². The van der Waals surface area contributed by atoms with Crippen LogP contribution in [0, 0.1) is 0 Å². The highest BCUT2D eigenvalue weighted by Gasteiger charge is 2.24. The molecule has 3 aromatic rings. The molecule has 0 bridgehead atoms. The fourth-order valence-electron chi connectivity index (χ4n) is 3.28. The number of hydrogen-bond acceptors (Lipinski definition) is 5. The molecule has 0 fully saturated rings. The summed E-state index contributed by atoms with van der Waals surface area (Å²) in [5, 5.41) is 13.3. The van der Waals surface area contributed by atoms with Gasteiger partial charge in [-0.1, -0.05) is 19.9 Å². The van der Waals surface area contributed by atoms with E-state index in [1.165, 1.54) is 25.0 Å². The predicted molar refractivity (Wildman–Crippen MR) is 113 cm³/mol. The molecular weight excluding hydrogens is 408 g/mol. The molecule has 30 heavy (non-hydrogen) atoms. The summed E-state index contributed by atoms with van der Waals surface area (Å²) in [7, 11) is 3.05. The zero-order chi connectivity index (χ0) is 22.0. The van der Waals surface area contributed by atoms with Gasteiger partial charge in [0.15, 0.2) is 5.69 Å². The Hall–Kier alpha value is -3.32. The van der Waals surface area contributed by atoms with Crippen LogP contribution < -0.4 is 9.47 Å². The second-order valence-corrected chi connectivity index (χ2v) is 7.21.